The van der Waals surface area contributed by atoms with Crippen LogP contribution in [0.4, 0.5) is 17.3 Å². The average molecular weight is 461 g/mol. The van der Waals surface area contributed by atoms with Gasteiger partial charge in [0.2, 0.25) is 11.9 Å². The third kappa shape index (κ3) is 5.06. The molecule has 10 heteroatoms. The number of anilines is 3. The van der Waals surface area contributed by atoms with E-state index < -0.39 is 0 Å². The van der Waals surface area contributed by atoms with E-state index in [2.05, 4.69) is 20.3 Å². The summed E-state index contributed by atoms with van der Waals surface area (Å²) in [6, 6.07) is 15.2. The van der Waals surface area contributed by atoms with E-state index in [1.807, 2.05) is 85.9 Å². The molecule has 0 saturated heterocycles. The van der Waals surface area contributed by atoms with Crippen LogP contribution in [-0.4, -0.2) is 50.9 Å². The second kappa shape index (κ2) is 10.1. The number of hydrogen-bond donors (Lipinski definition) is 2. The van der Waals surface area contributed by atoms with Gasteiger partial charge in [-0.15, -0.1) is 5.37 Å². The molecule has 0 radical (unpaired) electrons. The van der Waals surface area contributed by atoms with Crippen LogP contribution in [0.3, 0.4) is 0 Å². The molecule has 0 aliphatic rings. The van der Waals surface area contributed by atoms with Crippen molar-refractivity contribution < 1.29 is 4.79 Å². The number of amides is 1. The normalized spacial score (nSPS) is 10.7. The molecule has 1 amide bonds. The second-order valence-corrected chi connectivity index (χ2v) is 8.68. The third-order valence-electron chi connectivity index (χ3n) is 6.08. The van der Waals surface area contributed by atoms with Gasteiger partial charge in [0.25, 0.3) is 5.56 Å². The standard InChI is InChI=1S/C25H26B3N5O2/c1-3-33(24(35)21(26)22(27)28)18-6-4-5-17(12-18)31-25-30-13-16-11-15(7-8-19(16)32-25)20-14(2)9-10-29-23(20)34/h4-13H,3,26-28H2,1-2H3,(H,29,34)(H,30,31,32). The SMILES string of the molecule is BC(B)=C(B)C(=O)N(CC)c1cccc(Nc2ncc3cc(-c4c(C)cc[nH]c4=O)ccc3n2)c1. The summed E-state index contributed by atoms with van der Waals surface area (Å²) in [5, 5.41) is 5.08. The summed E-state index contributed by atoms with van der Waals surface area (Å²) in [5.74, 6) is 0.445. The Labute approximate surface area is 206 Å². The predicted molar refractivity (Wildman–Crippen MR) is 151 cm³/mol. The van der Waals surface area contributed by atoms with Gasteiger partial charge in [0.15, 0.2) is 0 Å². The van der Waals surface area contributed by atoms with E-state index in [4.69, 9.17) is 0 Å². The largest absolute Gasteiger partial charge is 0.329 e. The van der Waals surface area contributed by atoms with E-state index >= 15 is 0 Å². The van der Waals surface area contributed by atoms with Crippen molar-refractivity contribution in [2.24, 2.45) is 0 Å². The third-order valence-corrected chi connectivity index (χ3v) is 6.08. The van der Waals surface area contributed by atoms with Gasteiger partial charge < -0.3 is 15.2 Å². The number of hydrogen-bond acceptors (Lipinski definition) is 5. The lowest BCUT2D eigenvalue weighted by Crippen LogP contribution is -2.32. The van der Waals surface area contributed by atoms with Crippen LogP contribution in [0.5, 0.6) is 0 Å². The molecule has 0 fully saturated rings. The minimum absolute atomic E-state index is 0.00472. The van der Waals surface area contributed by atoms with E-state index in [-0.39, 0.29) is 11.5 Å². The van der Waals surface area contributed by atoms with Gasteiger partial charge in [-0.3, -0.25) is 9.59 Å². The highest BCUT2D eigenvalue weighted by Crippen LogP contribution is 2.26. The molecule has 7 nitrogen and oxygen atoms in total. The number of nitrogens with zero attached hydrogens (tertiary/aromatic N) is 3. The van der Waals surface area contributed by atoms with E-state index in [1.165, 1.54) is 0 Å². The highest BCUT2D eigenvalue weighted by molar-refractivity contribution is 6.56. The molecule has 0 aliphatic carbocycles. The van der Waals surface area contributed by atoms with Crippen molar-refractivity contribution in [1.29, 1.82) is 0 Å². The summed E-state index contributed by atoms with van der Waals surface area (Å²) >= 11 is 0. The maximum Gasteiger partial charge on any atom is 0.256 e. The number of aromatic amines is 1. The molecule has 0 unspecified atom stereocenters. The van der Waals surface area contributed by atoms with Crippen molar-refractivity contribution in [1.82, 2.24) is 15.0 Å². The Morgan fingerprint density at radius 1 is 1.11 bits per heavy atom. The first-order chi connectivity index (χ1) is 16.8. The Kier molecular flexibility index (Phi) is 6.91. The fraction of sp³-hybridized carbons (Fsp3) is 0.120. The maximum atomic E-state index is 12.9. The van der Waals surface area contributed by atoms with Crippen molar-refractivity contribution in [3.63, 3.8) is 0 Å². The monoisotopic (exact) mass is 461 g/mol. The topological polar surface area (TPSA) is 91.0 Å². The number of H-pyrrole nitrogens is 1. The van der Waals surface area contributed by atoms with E-state index in [1.54, 1.807) is 17.3 Å². The van der Waals surface area contributed by atoms with Crippen LogP contribution in [0.2, 0.25) is 0 Å². The molecule has 2 N–H and O–H groups in total. The maximum absolute atomic E-state index is 12.9. The molecule has 0 bridgehead atoms. The number of pyridine rings is 1. The van der Waals surface area contributed by atoms with Crippen LogP contribution in [0, 0.1) is 6.92 Å². The zero-order valence-corrected chi connectivity index (χ0v) is 20.6. The van der Waals surface area contributed by atoms with Gasteiger partial charge in [0.1, 0.15) is 23.5 Å². The van der Waals surface area contributed by atoms with E-state index in [9.17, 15) is 9.59 Å². The molecule has 0 aliphatic heterocycles. The van der Waals surface area contributed by atoms with Gasteiger partial charge in [-0.1, -0.05) is 12.1 Å². The lowest BCUT2D eigenvalue weighted by molar-refractivity contribution is -0.114. The highest BCUT2D eigenvalue weighted by atomic mass is 16.2. The average Bonchev–Trinajstić information content (AvgIpc) is 2.84. The van der Waals surface area contributed by atoms with Crippen LogP contribution in [0.15, 0.2) is 76.6 Å². The summed E-state index contributed by atoms with van der Waals surface area (Å²) in [4.78, 5) is 38.8. The highest BCUT2D eigenvalue weighted by Gasteiger charge is 2.16. The lowest BCUT2D eigenvalue weighted by atomic mass is 9.69. The smallest absolute Gasteiger partial charge is 0.256 e. The van der Waals surface area contributed by atoms with E-state index in [0.717, 1.165) is 44.2 Å². The zero-order valence-electron chi connectivity index (χ0n) is 20.6. The van der Waals surface area contributed by atoms with Crippen LogP contribution < -0.4 is 15.8 Å². The summed E-state index contributed by atoms with van der Waals surface area (Å²) in [5.41, 5.74) is 5.35. The quantitative estimate of drug-likeness (QED) is 0.336. The molecule has 0 saturated carbocycles. The van der Waals surface area contributed by atoms with Crippen LogP contribution in [-0.2, 0) is 4.79 Å². The summed E-state index contributed by atoms with van der Waals surface area (Å²) in [6.07, 6.45) is 3.39. The van der Waals surface area contributed by atoms with Gasteiger partial charge >= 0.3 is 0 Å². The number of benzene rings is 2. The zero-order chi connectivity index (χ0) is 25.1. The van der Waals surface area contributed by atoms with Crippen molar-refractivity contribution >= 4 is 57.7 Å². The molecule has 0 spiro atoms. The Hall–Kier alpha value is -4.07. The van der Waals surface area contributed by atoms with Crippen molar-refractivity contribution in [2.75, 3.05) is 16.8 Å². The minimum atomic E-state index is -0.122. The first-order valence-electron chi connectivity index (χ1n) is 11.6. The number of carbonyl (C=O) groups excluding carboxylic acids is 1. The summed E-state index contributed by atoms with van der Waals surface area (Å²) in [7, 11) is 5.74. The summed E-state index contributed by atoms with van der Waals surface area (Å²) < 4.78 is 0. The molecule has 172 valence electrons. The van der Waals surface area contributed by atoms with E-state index in [0.29, 0.717) is 18.1 Å². The molecular weight excluding hydrogens is 435 g/mol. The van der Waals surface area contributed by atoms with Crippen molar-refractivity contribution in [3.05, 3.63) is 87.7 Å². The van der Waals surface area contributed by atoms with Gasteiger partial charge in [0.05, 0.1) is 5.52 Å². The molecule has 35 heavy (non-hydrogen) atoms. The van der Waals surface area contributed by atoms with Gasteiger partial charge in [-0.25, -0.2) is 9.97 Å². The number of rotatable bonds is 6. The minimum Gasteiger partial charge on any atom is -0.329 e. The van der Waals surface area contributed by atoms with Crippen LogP contribution in [0.1, 0.15) is 12.5 Å². The van der Waals surface area contributed by atoms with Gasteiger partial charge in [-0.05, 0) is 66.8 Å². The molecule has 2 aromatic carbocycles. The fourth-order valence-electron chi connectivity index (χ4n) is 3.93. The molecule has 4 rings (SSSR count). The number of aryl methyl sites for hydroxylation is 1. The van der Waals surface area contributed by atoms with Gasteiger partial charge in [-0.2, -0.15) is 0 Å². The number of aromatic nitrogens is 3. The molecule has 4 aromatic rings. The first-order valence-corrected chi connectivity index (χ1v) is 11.6. The Balaban J connectivity index is 1.61. The Morgan fingerprint density at radius 3 is 2.63 bits per heavy atom. The number of likely N-dealkylation sites (N-methyl/N-ethyl adjacent to an activating group) is 1. The summed E-state index contributed by atoms with van der Waals surface area (Å²) in [6.45, 7) is 4.44. The second-order valence-electron chi connectivity index (χ2n) is 8.68. The van der Waals surface area contributed by atoms with Crippen LogP contribution >= 0.6 is 0 Å². The Bertz CT molecular complexity index is 1510. The number of fused-ring (bicyclic) bond motifs is 1. The Morgan fingerprint density at radius 2 is 1.91 bits per heavy atom. The number of carbonyl (C=O) groups is 1. The van der Waals surface area contributed by atoms with Crippen LogP contribution in [0.25, 0.3) is 22.0 Å². The first kappa shape index (κ1) is 24.1. The molecular formula is C25H26B3N5O2. The number of nitrogens with one attached hydrogen (secondary N) is 2. The van der Waals surface area contributed by atoms with Crippen molar-refractivity contribution in [2.45, 2.75) is 13.8 Å². The molecule has 2 heterocycles. The lowest BCUT2D eigenvalue weighted by Gasteiger charge is -2.23. The predicted octanol–water partition coefficient (Wildman–Crippen LogP) is 1.46. The molecule has 0 atom stereocenters. The molecule has 2 aromatic heterocycles. The fourth-order valence-corrected chi connectivity index (χ4v) is 3.93. The van der Waals surface area contributed by atoms with Gasteiger partial charge in [0, 0.05) is 41.3 Å². The van der Waals surface area contributed by atoms with Crippen molar-refractivity contribution in [3.8, 4) is 11.1 Å².